The number of anilines is 1. The molecule has 2 atom stereocenters. The molecule has 1 saturated carbocycles. The Bertz CT molecular complexity index is 549. The van der Waals surface area contributed by atoms with E-state index in [0.29, 0.717) is 12.2 Å². The molecule has 0 spiro atoms. The largest absolute Gasteiger partial charge is 0.481 e. The highest BCUT2D eigenvalue weighted by Gasteiger charge is 2.54. The van der Waals surface area contributed by atoms with Crippen molar-refractivity contribution >= 4 is 11.7 Å². The van der Waals surface area contributed by atoms with Gasteiger partial charge in [-0.05, 0) is 30.9 Å². The molecular weight excluding hydrogens is 242 g/mol. The fourth-order valence-corrected chi connectivity index (χ4v) is 3.47. The van der Waals surface area contributed by atoms with E-state index in [0.717, 1.165) is 31.5 Å². The highest BCUT2D eigenvalue weighted by atomic mass is 16.4. The maximum absolute atomic E-state index is 11.6. The molecule has 19 heavy (non-hydrogen) atoms. The van der Waals surface area contributed by atoms with Crippen LogP contribution in [0.3, 0.4) is 0 Å². The molecule has 0 amide bonds. The maximum Gasteiger partial charge on any atom is 0.311 e. The number of rotatable bonds is 2. The van der Waals surface area contributed by atoms with Crippen LogP contribution in [0.25, 0.3) is 0 Å². The van der Waals surface area contributed by atoms with Gasteiger partial charge in [0.2, 0.25) is 0 Å². The molecule has 1 aromatic rings. The third-order valence-corrected chi connectivity index (χ3v) is 4.52. The van der Waals surface area contributed by atoms with Gasteiger partial charge in [0.25, 0.3) is 0 Å². The molecular formula is C14H15N3O2. The van der Waals surface area contributed by atoms with Crippen LogP contribution < -0.4 is 4.90 Å². The van der Waals surface area contributed by atoms with Crippen LogP contribution in [0.15, 0.2) is 18.3 Å². The summed E-state index contributed by atoms with van der Waals surface area (Å²) in [5, 5.41) is 18.3. The summed E-state index contributed by atoms with van der Waals surface area (Å²) in [6, 6.07) is 5.51. The molecule has 2 aliphatic rings. The molecule has 0 radical (unpaired) electrons. The first-order valence-corrected chi connectivity index (χ1v) is 6.50. The number of hydrogen-bond acceptors (Lipinski definition) is 4. The molecule has 3 rings (SSSR count). The average molecular weight is 257 g/mol. The van der Waals surface area contributed by atoms with E-state index in [1.807, 2.05) is 12.1 Å². The maximum atomic E-state index is 11.6. The Morgan fingerprint density at radius 3 is 3.00 bits per heavy atom. The van der Waals surface area contributed by atoms with Crippen LogP contribution in [0.5, 0.6) is 0 Å². The molecule has 1 aliphatic heterocycles. The fraction of sp³-hybridized carbons (Fsp3) is 0.500. The van der Waals surface area contributed by atoms with E-state index < -0.39 is 11.4 Å². The van der Waals surface area contributed by atoms with Crippen molar-refractivity contribution in [1.29, 1.82) is 5.26 Å². The zero-order valence-corrected chi connectivity index (χ0v) is 10.5. The smallest absolute Gasteiger partial charge is 0.311 e. The summed E-state index contributed by atoms with van der Waals surface area (Å²) in [5.41, 5.74) is 0.721. The summed E-state index contributed by atoms with van der Waals surface area (Å²) >= 11 is 0. The monoisotopic (exact) mass is 257 g/mol. The molecule has 2 heterocycles. The Hall–Kier alpha value is -2.09. The van der Waals surface area contributed by atoms with Crippen LogP contribution in [-0.2, 0) is 4.79 Å². The molecule has 1 N–H and O–H groups in total. The second-order valence-electron chi connectivity index (χ2n) is 5.44. The Kier molecular flexibility index (Phi) is 2.67. The number of nitriles is 1. The molecule has 1 saturated heterocycles. The minimum Gasteiger partial charge on any atom is -0.481 e. The van der Waals surface area contributed by atoms with Gasteiger partial charge >= 0.3 is 5.97 Å². The van der Waals surface area contributed by atoms with E-state index in [4.69, 9.17) is 5.26 Å². The van der Waals surface area contributed by atoms with Crippen LogP contribution in [0.1, 0.15) is 25.0 Å². The van der Waals surface area contributed by atoms with Crippen molar-refractivity contribution in [1.82, 2.24) is 4.98 Å². The first-order valence-electron chi connectivity index (χ1n) is 6.50. The van der Waals surface area contributed by atoms with E-state index in [-0.39, 0.29) is 5.92 Å². The van der Waals surface area contributed by atoms with Gasteiger partial charge in [-0.1, -0.05) is 6.42 Å². The summed E-state index contributed by atoms with van der Waals surface area (Å²) in [4.78, 5) is 17.7. The van der Waals surface area contributed by atoms with Crippen molar-refractivity contribution in [3.05, 3.63) is 24.0 Å². The van der Waals surface area contributed by atoms with Crippen molar-refractivity contribution < 1.29 is 9.90 Å². The van der Waals surface area contributed by atoms with Gasteiger partial charge in [-0.2, -0.15) is 5.26 Å². The predicted octanol–water partition coefficient (Wildman–Crippen LogP) is 1.64. The lowest BCUT2D eigenvalue weighted by Crippen LogP contribution is -2.35. The van der Waals surface area contributed by atoms with Crippen molar-refractivity contribution in [2.45, 2.75) is 19.3 Å². The molecule has 5 heteroatoms. The number of fused-ring (bicyclic) bond motifs is 1. The number of carboxylic acids is 1. The highest BCUT2D eigenvalue weighted by molar-refractivity contribution is 5.78. The molecule has 1 aliphatic carbocycles. The first-order chi connectivity index (χ1) is 9.15. The topological polar surface area (TPSA) is 77.2 Å². The lowest BCUT2D eigenvalue weighted by atomic mass is 9.81. The van der Waals surface area contributed by atoms with Crippen molar-refractivity contribution in [3.8, 4) is 6.07 Å². The zero-order chi connectivity index (χ0) is 13.5. The summed E-state index contributed by atoms with van der Waals surface area (Å²) in [6.07, 6.45) is 4.44. The van der Waals surface area contributed by atoms with Crippen molar-refractivity contribution in [3.63, 3.8) is 0 Å². The minimum absolute atomic E-state index is 0.237. The van der Waals surface area contributed by atoms with Gasteiger partial charge < -0.3 is 10.0 Å². The van der Waals surface area contributed by atoms with Gasteiger partial charge in [0.1, 0.15) is 11.8 Å². The summed E-state index contributed by atoms with van der Waals surface area (Å²) < 4.78 is 0. The summed E-state index contributed by atoms with van der Waals surface area (Å²) in [7, 11) is 0. The molecule has 2 fully saturated rings. The Morgan fingerprint density at radius 1 is 1.58 bits per heavy atom. The van der Waals surface area contributed by atoms with Crippen LogP contribution in [0.4, 0.5) is 5.69 Å². The molecule has 98 valence electrons. The van der Waals surface area contributed by atoms with Gasteiger partial charge in [-0.25, -0.2) is 4.98 Å². The van der Waals surface area contributed by atoms with Gasteiger partial charge in [0, 0.05) is 13.1 Å². The predicted molar refractivity (Wildman–Crippen MR) is 68.6 cm³/mol. The van der Waals surface area contributed by atoms with Crippen molar-refractivity contribution in [2.75, 3.05) is 18.0 Å². The third kappa shape index (κ3) is 1.75. The second kappa shape index (κ2) is 4.23. The van der Waals surface area contributed by atoms with Gasteiger partial charge in [0.05, 0.1) is 17.3 Å². The van der Waals surface area contributed by atoms with Crippen molar-refractivity contribution in [2.24, 2.45) is 11.3 Å². The minimum atomic E-state index is -0.667. The van der Waals surface area contributed by atoms with Crippen LogP contribution in [0.2, 0.25) is 0 Å². The number of hydrogen-bond donors (Lipinski definition) is 1. The number of nitrogens with zero attached hydrogens (tertiary/aromatic N) is 3. The molecule has 0 aromatic carbocycles. The highest BCUT2D eigenvalue weighted by Crippen LogP contribution is 2.49. The average Bonchev–Trinajstić information content (AvgIpc) is 2.96. The number of carboxylic acid groups (broad SMARTS) is 1. The summed E-state index contributed by atoms with van der Waals surface area (Å²) in [5.74, 6) is -0.431. The van der Waals surface area contributed by atoms with E-state index >= 15 is 0 Å². The van der Waals surface area contributed by atoms with Crippen LogP contribution in [-0.4, -0.2) is 29.1 Å². The Labute approximate surface area is 111 Å². The third-order valence-electron chi connectivity index (χ3n) is 4.52. The fourth-order valence-electron chi connectivity index (χ4n) is 3.47. The number of aliphatic carboxylic acids is 1. The van der Waals surface area contributed by atoms with E-state index in [1.165, 1.54) is 0 Å². The molecule has 0 bridgehead atoms. The Balaban J connectivity index is 1.85. The van der Waals surface area contributed by atoms with E-state index in [9.17, 15) is 9.90 Å². The standard InChI is InChI=1S/C14H15N3O2/c15-6-11-3-4-12(7-16-11)17-8-10-2-1-5-14(10,9-17)13(18)19/h3-4,7,10H,1-2,5,8-9H2,(H,18,19)/t10-,14+/m0/s1. The van der Waals surface area contributed by atoms with E-state index in [2.05, 4.69) is 9.88 Å². The Morgan fingerprint density at radius 2 is 2.42 bits per heavy atom. The number of pyridine rings is 1. The van der Waals surface area contributed by atoms with E-state index in [1.54, 1.807) is 12.3 Å². The second-order valence-corrected chi connectivity index (χ2v) is 5.44. The normalized spacial score (nSPS) is 29.0. The van der Waals surface area contributed by atoms with Gasteiger partial charge in [-0.15, -0.1) is 0 Å². The number of carbonyl (C=O) groups is 1. The quantitative estimate of drug-likeness (QED) is 0.871. The first kappa shape index (κ1) is 12.0. The van der Waals surface area contributed by atoms with Gasteiger partial charge in [0.15, 0.2) is 0 Å². The molecule has 1 aromatic heterocycles. The molecule has 0 unspecified atom stereocenters. The SMILES string of the molecule is N#Cc1ccc(N2C[C@@H]3CCC[C@@]3(C(=O)O)C2)cn1. The lowest BCUT2D eigenvalue weighted by Gasteiger charge is -2.24. The van der Waals surface area contributed by atoms with Crippen LogP contribution in [0, 0.1) is 22.7 Å². The zero-order valence-electron chi connectivity index (χ0n) is 10.5. The lowest BCUT2D eigenvalue weighted by molar-refractivity contribution is -0.149. The summed E-state index contributed by atoms with van der Waals surface area (Å²) in [6.45, 7) is 1.33. The van der Waals surface area contributed by atoms with Crippen LogP contribution >= 0.6 is 0 Å². The molecule has 5 nitrogen and oxygen atoms in total. The number of aromatic nitrogens is 1. The van der Waals surface area contributed by atoms with Gasteiger partial charge in [-0.3, -0.25) is 4.79 Å².